The Bertz CT molecular complexity index is 957. The predicted molar refractivity (Wildman–Crippen MR) is 102 cm³/mol. The lowest BCUT2D eigenvalue weighted by atomic mass is 10.1. The van der Waals surface area contributed by atoms with Gasteiger partial charge >= 0.3 is 0 Å². The Morgan fingerprint density at radius 3 is 2.88 bits per heavy atom. The highest BCUT2D eigenvalue weighted by Gasteiger charge is 2.15. The SMILES string of the molecule is O=C(/C=C/c1ccc(F)cc1)Nc1cccc(-c2cn3c(n2)SCC3)c1. The van der Waals surface area contributed by atoms with Crippen molar-refractivity contribution in [2.24, 2.45) is 0 Å². The Hall–Kier alpha value is -2.86. The average molecular weight is 365 g/mol. The molecule has 2 heterocycles. The second-order valence-electron chi connectivity index (χ2n) is 5.91. The van der Waals surface area contributed by atoms with Crippen LogP contribution in [0.5, 0.6) is 0 Å². The molecular weight excluding hydrogens is 349 g/mol. The lowest BCUT2D eigenvalue weighted by Gasteiger charge is -2.04. The number of anilines is 1. The second-order valence-corrected chi connectivity index (χ2v) is 6.97. The van der Waals surface area contributed by atoms with Crippen LogP contribution in [0.25, 0.3) is 17.3 Å². The summed E-state index contributed by atoms with van der Waals surface area (Å²) in [4.78, 5) is 16.8. The van der Waals surface area contributed by atoms with Crippen molar-refractivity contribution >= 4 is 29.4 Å². The topological polar surface area (TPSA) is 46.9 Å². The first kappa shape index (κ1) is 16.6. The van der Waals surface area contributed by atoms with Gasteiger partial charge in [0, 0.05) is 35.8 Å². The van der Waals surface area contributed by atoms with Crippen LogP contribution in [-0.4, -0.2) is 21.2 Å². The van der Waals surface area contributed by atoms with Gasteiger partial charge in [-0.1, -0.05) is 36.0 Å². The molecule has 4 nitrogen and oxygen atoms in total. The first-order valence-corrected chi connectivity index (χ1v) is 9.21. The summed E-state index contributed by atoms with van der Waals surface area (Å²) in [7, 11) is 0. The summed E-state index contributed by atoms with van der Waals surface area (Å²) in [6.45, 7) is 0.984. The quantitative estimate of drug-likeness (QED) is 0.695. The van der Waals surface area contributed by atoms with E-state index in [0.717, 1.165) is 34.3 Å². The molecule has 1 amide bonds. The number of carbonyl (C=O) groups is 1. The zero-order valence-electron chi connectivity index (χ0n) is 13.9. The Labute approximate surface area is 154 Å². The van der Waals surface area contributed by atoms with Gasteiger partial charge in [0.05, 0.1) is 5.69 Å². The van der Waals surface area contributed by atoms with Gasteiger partial charge in [-0.25, -0.2) is 9.37 Å². The maximum Gasteiger partial charge on any atom is 0.248 e. The van der Waals surface area contributed by atoms with Crippen LogP contribution in [0.2, 0.25) is 0 Å². The van der Waals surface area contributed by atoms with Crippen molar-refractivity contribution in [3.05, 3.63) is 72.2 Å². The number of aromatic nitrogens is 2. The molecule has 0 aliphatic carbocycles. The third-order valence-corrected chi connectivity index (χ3v) is 5.00. The molecule has 0 unspecified atom stereocenters. The fourth-order valence-electron chi connectivity index (χ4n) is 2.73. The number of fused-ring (bicyclic) bond motifs is 1. The lowest BCUT2D eigenvalue weighted by Crippen LogP contribution is -2.07. The van der Waals surface area contributed by atoms with Gasteiger partial charge < -0.3 is 9.88 Å². The molecule has 6 heteroatoms. The third-order valence-electron chi connectivity index (χ3n) is 4.03. The standard InChI is InChI=1S/C20H16FN3OS/c21-16-7-4-14(5-8-16)6-9-19(25)22-17-3-1-2-15(12-17)18-13-24-10-11-26-20(24)23-18/h1-9,12-13H,10-11H2,(H,22,25)/b9-6+. The first-order chi connectivity index (χ1) is 12.7. The predicted octanol–water partition coefficient (Wildman–Crippen LogP) is 4.45. The van der Waals surface area contributed by atoms with Gasteiger partial charge in [0.1, 0.15) is 5.82 Å². The largest absolute Gasteiger partial charge is 0.325 e. The summed E-state index contributed by atoms with van der Waals surface area (Å²) in [5.74, 6) is 0.528. The van der Waals surface area contributed by atoms with Gasteiger partial charge in [0.15, 0.2) is 5.16 Å². The van der Waals surface area contributed by atoms with Gasteiger partial charge in [0.25, 0.3) is 0 Å². The number of nitrogens with one attached hydrogen (secondary N) is 1. The zero-order chi connectivity index (χ0) is 17.9. The Morgan fingerprint density at radius 1 is 1.23 bits per heavy atom. The zero-order valence-corrected chi connectivity index (χ0v) is 14.7. The summed E-state index contributed by atoms with van der Waals surface area (Å²) in [6, 6.07) is 13.6. The molecule has 1 N–H and O–H groups in total. The highest BCUT2D eigenvalue weighted by atomic mass is 32.2. The number of rotatable bonds is 4. The van der Waals surface area contributed by atoms with E-state index in [1.807, 2.05) is 30.5 Å². The molecule has 0 bridgehead atoms. The number of halogens is 1. The molecule has 1 aromatic heterocycles. The molecule has 1 aliphatic rings. The highest BCUT2D eigenvalue weighted by Crippen LogP contribution is 2.29. The second kappa shape index (κ2) is 7.17. The van der Waals surface area contributed by atoms with Crippen molar-refractivity contribution in [2.45, 2.75) is 11.7 Å². The Balaban J connectivity index is 1.46. The number of imidazole rings is 1. The molecule has 0 saturated heterocycles. The van der Waals surface area contributed by atoms with Crippen LogP contribution < -0.4 is 5.32 Å². The van der Waals surface area contributed by atoms with E-state index >= 15 is 0 Å². The summed E-state index contributed by atoms with van der Waals surface area (Å²) in [5, 5.41) is 3.88. The van der Waals surface area contributed by atoms with E-state index in [0.29, 0.717) is 5.69 Å². The third kappa shape index (κ3) is 3.70. The maximum absolute atomic E-state index is 12.9. The van der Waals surface area contributed by atoms with Crippen LogP contribution in [0.4, 0.5) is 10.1 Å². The number of hydrogen-bond acceptors (Lipinski definition) is 3. The summed E-state index contributed by atoms with van der Waals surface area (Å²) in [6.07, 6.45) is 5.13. The molecule has 0 spiro atoms. The smallest absolute Gasteiger partial charge is 0.248 e. The fourth-order valence-corrected chi connectivity index (χ4v) is 3.68. The van der Waals surface area contributed by atoms with Crippen LogP contribution in [0, 0.1) is 5.82 Å². The Kier molecular flexibility index (Phi) is 4.58. The van der Waals surface area contributed by atoms with E-state index in [9.17, 15) is 9.18 Å². The van der Waals surface area contributed by atoms with Crippen molar-refractivity contribution in [3.63, 3.8) is 0 Å². The summed E-state index contributed by atoms with van der Waals surface area (Å²) >= 11 is 1.75. The van der Waals surface area contributed by atoms with E-state index in [1.165, 1.54) is 18.2 Å². The average Bonchev–Trinajstić information content (AvgIpc) is 3.23. The number of aryl methyl sites for hydroxylation is 1. The van der Waals surface area contributed by atoms with Crippen LogP contribution in [0.1, 0.15) is 5.56 Å². The van der Waals surface area contributed by atoms with E-state index in [-0.39, 0.29) is 11.7 Å². The van der Waals surface area contributed by atoms with Crippen LogP contribution in [0.15, 0.2) is 66.0 Å². The van der Waals surface area contributed by atoms with Crippen molar-refractivity contribution < 1.29 is 9.18 Å². The fraction of sp³-hybridized carbons (Fsp3) is 0.100. The van der Waals surface area contributed by atoms with E-state index in [1.54, 1.807) is 30.0 Å². The molecule has 0 saturated carbocycles. The van der Waals surface area contributed by atoms with Gasteiger partial charge in [-0.2, -0.15) is 0 Å². The van der Waals surface area contributed by atoms with Crippen molar-refractivity contribution in [3.8, 4) is 11.3 Å². The first-order valence-electron chi connectivity index (χ1n) is 8.22. The number of benzene rings is 2. The normalized spacial score (nSPS) is 13.1. The molecular formula is C20H16FN3OS. The minimum atomic E-state index is -0.299. The molecule has 130 valence electrons. The highest BCUT2D eigenvalue weighted by molar-refractivity contribution is 7.99. The number of thioether (sulfide) groups is 1. The van der Waals surface area contributed by atoms with Crippen molar-refractivity contribution in [1.82, 2.24) is 9.55 Å². The maximum atomic E-state index is 12.9. The van der Waals surface area contributed by atoms with Gasteiger partial charge in [0.2, 0.25) is 5.91 Å². The molecule has 0 radical (unpaired) electrons. The molecule has 1 aliphatic heterocycles. The van der Waals surface area contributed by atoms with Crippen LogP contribution >= 0.6 is 11.8 Å². The number of carbonyl (C=O) groups excluding carboxylic acids is 1. The monoisotopic (exact) mass is 365 g/mol. The molecule has 2 aromatic carbocycles. The number of hydrogen-bond donors (Lipinski definition) is 1. The minimum absolute atomic E-state index is 0.241. The number of amides is 1. The van der Waals surface area contributed by atoms with Gasteiger partial charge in [-0.15, -0.1) is 0 Å². The molecule has 0 atom stereocenters. The van der Waals surface area contributed by atoms with Crippen LogP contribution in [-0.2, 0) is 11.3 Å². The van der Waals surface area contributed by atoms with Crippen molar-refractivity contribution in [1.29, 1.82) is 0 Å². The lowest BCUT2D eigenvalue weighted by molar-refractivity contribution is -0.111. The number of nitrogens with zero attached hydrogens (tertiary/aromatic N) is 2. The molecule has 3 aromatic rings. The summed E-state index contributed by atoms with van der Waals surface area (Å²) in [5.41, 5.74) is 3.34. The van der Waals surface area contributed by atoms with Crippen molar-refractivity contribution in [2.75, 3.05) is 11.1 Å². The van der Waals surface area contributed by atoms with E-state index in [2.05, 4.69) is 14.9 Å². The summed E-state index contributed by atoms with van der Waals surface area (Å²) < 4.78 is 15.0. The molecule has 26 heavy (non-hydrogen) atoms. The minimum Gasteiger partial charge on any atom is -0.325 e. The van der Waals surface area contributed by atoms with Gasteiger partial charge in [-0.3, -0.25) is 4.79 Å². The molecule has 4 rings (SSSR count). The van der Waals surface area contributed by atoms with Crippen LogP contribution in [0.3, 0.4) is 0 Å². The Morgan fingerprint density at radius 2 is 2.08 bits per heavy atom. The van der Waals surface area contributed by atoms with E-state index in [4.69, 9.17) is 0 Å². The molecule has 0 fully saturated rings. The van der Waals surface area contributed by atoms with E-state index < -0.39 is 0 Å². The van der Waals surface area contributed by atoms with Gasteiger partial charge in [-0.05, 0) is 35.9 Å².